The molecule has 0 N–H and O–H groups in total. The first kappa shape index (κ1) is 10.9. The summed E-state index contributed by atoms with van der Waals surface area (Å²) in [6.45, 7) is 2.54. The van der Waals surface area contributed by atoms with Gasteiger partial charge in [0, 0.05) is 20.8 Å². The molecule has 74 valence electrons. The second kappa shape index (κ2) is 4.87. The molecule has 0 saturated carbocycles. The minimum Gasteiger partial charge on any atom is -0.373 e. The van der Waals surface area contributed by atoms with Crippen LogP contribution in [0.2, 0.25) is 0 Å². The Morgan fingerprint density at radius 1 is 1.38 bits per heavy atom. The Labute approximate surface area is 83.6 Å². The Bertz CT molecular complexity index is 234. The van der Waals surface area contributed by atoms with Gasteiger partial charge in [-0.05, 0) is 18.4 Å². The van der Waals surface area contributed by atoms with Crippen LogP contribution < -0.4 is 4.50 Å². The van der Waals surface area contributed by atoms with Crippen molar-refractivity contribution in [3.8, 4) is 0 Å². The van der Waals surface area contributed by atoms with Gasteiger partial charge in [-0.25, -0.2) is 0 Å². The predicted molar refractivity (Wildman–Crippen MR) is 55.4 cm³/mol. The van der Waals surface area contributed by atoms with Crippen LogP contribution in [0.3, 0.4) is 0 Å². The highest BCUT2D eigenvalue weighted by Gasteiger charge is 2.42. The molecule has 1 rings (SSSR count). The maximum Gasteiger partial charge on any atom is 0.547 e. The lowest BCUT2D eigenvalue weighted by molar-refractivity contribution is 0.120. The molecule has 0 saturated heterocycles. The van der Waals surface area contributed by atoms with Gasteiger partial charge >= 0.3 is 8.80 Å². The van der Waals surface area contributed by atoms with E-state index in [1.165, 1.54) is 0 Å². The summed E-state index contributed by atoms with van der Waals surface area (Å²) >= 11 is 1.61. The highest BCUT2D eigenvalue weighted by Crippen LogP contribution is 2.11. The van der Waals surface area contributed by atoms with Crippen LogP contribution in [-0.2, 0) is 13.3 Å². The second-order valence-electron chi connectivity index (χ2n) is 2.37. The number of rotatable bonds is 5. The Hall–Kier alpha value is -0.203. The molecule has 1 heterocycles. The van der Waals surface area contributed by atoms with Crippen LogP contribution >= 0.6 is 11.3 Å². The van der Waals surface area contributed by atoms with Crippen LogP contribution in [-0.4, -0.2) is 29.6 Å². The fourth-order valence-corrected chi connectivity index (χ4v) is 4.66. The fourth-order valence-electron chi connectivity index (χ4n) is 1.12. The smallest absolute Gasteiger partial charge is 0.373 e. The van der Waals surface area contributed by atoms with Gasteiger partial charge in [0.05, 0.1) is 4.50 Å². The van der Waals surface area contributed by atoms with E-state index >= 15 is 0 Å². The third kappa shape index (κ3) is 2.18. The van der Waals surface area contributed by atoms with Crippen molar-refractivity contribution >= 4 is 24.6 Å². The minimum atomic E-state index is -2.55. The first-order valence-corrected chi connectivity index (χ1v) is 6.67. The highest BCUT2D eigenvalue weighted by atomic mass is 32.1. The molecule has 0 atom stereocenters. The number of hydrogen-bond acceptors (Lipinski definition) is 4. The summed E-state index contributed by atoms with van der Waals surface area (Å²) in [6.07, 6.45) is 0. The lowest BCUT2D eigenvalue weighted by Gasteiger charge is -2.24. The third-order valence-electron chi connectivity index (χ3n) is 1.69. The Balaban J connectivity index is 2.89. The van der Waals surface area contributed by atoms with Crippen LogP contribution in [0.1, 0.15) is 6.92 Å². The van der Waals surface area contributed by atoms with Gasteiger partial charge in [0.15, 0.2) is 0 Å². The normalized spacial score (nSPS) is 11.9. The molecule has 0 bridgehead atoms. The van der Waals surface area contributed by atoms with Gasteiger partial charge in [-0.15, -0.1) is 11.3 Å². The quantitative estimate of drug-likeness (QED) is 0.696. The van der Waals surface area contributed by atoms with Crippen molar-refractivity contribution in [2.45, 2.75) is 6.92 Å². The maximum absolute atomic E-state index is 5.58. The number of thiophene rings is 1. The Morgan fingerprint density at radius 2 is 2.08 bits per heavy atom. The summed E-state index contributed by atoms with van der Waals surface area (Å²) in [5.74, 6) is 0. The summed E-state index contributed by atoms with van der Waals surface area (Å²) in [4.78, 5) is 0. The Morgan fingerprint density at radius 3 is 2.46 bits per heavy atom. The molecule has 1 aromatic heterocycles. The SMILES string of the molecule is CCO[Si](OC)(OC)c1cccs1. The van der Waals surface area contributed by atoms with E-state index in [9.17, 15) is 0 Å². The largest absolute Gasteiger partial charge is 0.547 e. The van der Waals surface area contributed by atoms with Crippen LogP contribution in [0.25, 0.3) is 0 Å². The van der Waals surface area contributed by atoms with Crippen molar-refractivity contribution in [2.75, 3.05) is 20.8 Å². The standard InChI is InChI=1S/C8H14O3SSi/c1-4-11-13(9-2,10-3)8-6-5-7-12-8/h5-7H,4H2,1-3H3. The summed E-state index contributed by atoms with van der Waals surface area (Å²) in [6, 6.07) is 3.96. The van der Waals surface area contributed by atoms with Crippen molar-refractivity contribution in [3.63, 3.8) is 0 Å². The zero-order valence-electron chi connectivity index (χ0n) is 8.07. The lowest BCUT2D eigenvalue weighted by Crippen LogP contribution is -2.54. The van der Waals surface area contributed by atoms with E-state index in [4.69, 9.17) is 13.3 Å². The molecule has 13 heavy (non-hydrogen) atoms. The molecule has 3 nitrogen and oxygen atoms in total. The van der Waals surface area contributed by atoms with E-state index in [-0.39, 0.29) is 0 Å². The van der Waals surface area contributed by atoms with Crippen molar-refractivity contribution in [2.24, 2.45) is 0 Å². The summed E-state index contributed by atoms with van der Waals surface area (Å²) in [7, 11) is 0.711. The molecule has 0 amide bonds. The van der Waals surface area contributed by atoms with Crippen LogP contribution in [0.5, 0.6) is 0 Å². The van der Waals surface area contributed by atoms with Crippen LogP contribution in [0.15, 0.2) is 17.5 Å². The molecular formula is C8H14O3SSi. The number of hydrogen-bond donors (Lipinski definition) is 0. The summed E-state index contributed by atoms with van der Waals surface area (Å²) < 4.78 is 17.4. The van der Waals surface area contributed by atoms with Crippen molar-refractivity contribution in [1.82, 2.24) is 0 Å². The fraction of sp³-hybridized carbons (Fsp3) is 0.500. The van der Waals surface area contributed by atoms with Gasteiger partial charge < -0.3 is 13.3 Å². The van der Waals surface area contributed by atoms with Crippen LogP contribution in [0, 0.1) is 0 Å². The molecule has 1 aromatic rings. The van der Waals surface area contributed by atoms with Crippen molar-refractivity contribution in [3.05, 3.63) is 17.5 Å². The van der Waals surface area contributed by atoms with Crippen molar-refractivity contribution < 1.29 is 13.3 Å². The third-order valence-corrected chi connectivity index (χ3v) is 6.00. The van der Waals surface area contributed by atoms with Gasteiger partial charge in [0.1, 0.15) is 0 Å². The monoisotopic (exact) mass is 218 g/mol. The molecular weight excluding hydrogens is 204 g/mol. The molecule has 0 unspecified atom stereocenters. The van der Waals surface area contributed by atoms with E-state index in [1.54, 1.807) is 25.6 Å². The summed E-state index contributed by atoms with van der Waals surface area (Å²) in [5, 5.41) is 1.99. The molecule has 0 radical (unpaired) electrons. The van der Waals surface area contributed by atoms with Gasteiger partial charge in [-0.2, -0.15) is 0 Å². The van der Waals surface area contributed by atoms with Gasteiger partial charge in [0.2, 0.25) is 0 Å². The molecule has 0 spiro atoms. The van der Waals surface area contributed by atoms with Crippen molar-refractivity contribution in [1.29, 1.82) is 0 Å². The highest BCUT2D eigenvalue weighted by molar-refractivity contribution is 7.22. The van der Waals surface area contributed by atoms with Crippen LogP contribution in [0.4, 0.5) is 0 Å². The summed E-state index contributed by atoms with van der Waals surface area (Å²) in [5.41, 5.74) is 0. The predicted octanol–water partition coefficient (Wildman–Crippen LogP) is 1.22. The maximum atomic E-state index is 5.58. The Kier molecular flexibility index (Phi) is 4.08. The average molecular weight is 218 g/mol. The lowest BCUT2D eigenvalue weighted by atomic mass is 10.7. The first-order chi connectivity index (χ1) is 6.29. The molecule has 0 aliphatic heterocycles. The molecule has 0 aliphatic rings. The van der Waals surface area contributed by atoms with E-state index in [0.29, 0.717) is 6.61 Å². The minimum absolute atomic E-state index is 0.603. The first-order valence-electron chi connectivity index (χ1n) is 4.07. The van der Waals surface area contributed by atoms with E-state index < -0.39 is 8.80 Å². The van der Waals surface area contributed by atoms with Gasteiger partial charge in [0.25, 0.3) is 0 Å². The van der Waals surface area contributed by atoms with Gasteiger partial charge in [-0.1, -0.05) is 6.07 Å². The second-order valence-corrected chi connectivity index (χ2v) is 6.44. The molecule has 0 aromatic carbocycles. The topological polar surface area (TPSA) is 27.7 Å². The zero-order valence-corrected chi connectivity index (χ0v) is 9.89. The molecule has 5 heteroatoms. The molecule has 0 aliphatic carbocycles. The molecule has 0 fully saturated rings. The average Bonchev–Trinajstić information content (AvgIpc) is 2.68. The zero-order chi connectivity index (χ0) is 9.73. The van der Waals surface area contributed by atoms with E-state index in [2.05, 4.69) is 0 Å². The van der Waals surface area contributed by atoms with E-state index in [0.717, 1.165) is 4.50 Å². The van der Waals surface area contributed by atoms with E-state index in [1.807, 2.05) is 24.4 Å². The van der Waals surface area contributed by atoms with Gasteiger partial charge in [-0.3, -0.25) is 0 Å².